The highest BCUT2D eigenvalue weighted by molar-refractivity contribution is 6.00. The van der Waals surface area contributed by atoms with E-state index in [2.05, 4.69) is 37.3 Å². The molecule has 8 rings (SSSR count). The van der Waals surface area contributed by atoms with Crippen molar-refractivity contribution in [2.24, 2.45) is 30.4 Å². The van der Waals surface area contributed by atoms with Gasteiger partial charge in [0.15, 0.2) is 5.82 Å². The molecule has 2 aromatic carbocycles. The molecule has 3 fully saturated rings. The third kappa shape index (κ3) is 4.17. The predicted octanol–water partition coefficient (Wildman–Crippen LogP) is 3.73. The number of ether oxygens (including phenoxy) is 1. The van der Waals surface area contributed by atoms with Crippen LogP contribution in [0.5, 0.6) is 5.75 Å². The molecule has 0 radical (unpaired) electrons. The third-order valence-corrected chi connectivity index (χ3v) is 9.79. The van der Waals surface area contributed by atoms with Crippen molar-refractivity contribution in [3.05, 3.63) is 60.2 Å². The van der Waals surface area contributed by atoms with E-state index < -0.39 is 5.91 Å². The maximum atomic E-state index is 13.7. The molecule has 2 amide bonds. The molecule has 4 heterocycles. The number of aromatic nitrogens is 5. The fraction of sp³-hybridized carbons (Fsp3) is 0.364. The van der Waals surface area contributed by atoms with Crippen LogP contribution in [-0.2, 0) is 13.6 Å². The van der Waals surface area contributed by atoms with Gasteiger partial charge in [0.05, 0.1) is 18.3 Å². The Balaban J connectivity index is 1.22. The molecule has 1 aliphatic heterocycles. The maximum Gasteiger partial charge on any atom is 0.286 e. The number of primary amides is 1. The zero-order valence-electron chi connectivity index (χ0n) is 24.7. The third-order valence-electron chi connectivity index (χ3n) is 9.79. The lowest BCUT2D eigenvalue weighted by Gasteiger charge is -2.27. The van der Waals surface area contributed by atoms with Crippen molar-refractivity contribution < 1.29 is 14.3 Å². The van der Waals surface area contributed by atoms with E-state index in [1.165, 1.54) is 12.8 Å². The number of hydrogen-bond acceptors (Lipinski definition) is 7. The van der Waals surface area contributed by atoms with Crippen LogP contribution in [0.25, 0.3) is 44.6 Å². The highest BCUT2D eigenvalue weighted by Crippen LogP contribution is 2.40. The number of hydrogen-bond donors (Lipinski definition) is 2. The minimum absolute atomic E-state index is 0.00686. The highest BCUT2D eigenvalue weighted by Gasteiger charge is 2.47. The van der Waals surface area contributed by atoms with Crippen LogP contribution in [-0.4, -0.2) is 66.5 Å². The Morgan fingerprint density at radius 3 is 2.48 bits per heavy atom. The number of amides is 2. The number of nitrogens with zero attached hydrogens (tertiary/aromatic N) is 6. The predicted molar refractivity (Wildman–Crippen MR) is 166 cm³/mol. The molecule has 4 N–H and O–H groups in total. The molecule has 11 nitrogen and oxygen atoms in total. The van der Waals surface area contributed by atoms with Gasteiger partial charge in [-0.05, 0) is 67.3 Å². The molecule has 11 heteroatoms. The van der Waals surface area contributed by atoms with Crippen LogP contribution in [0.15, 0.2) is 48.8 Å². The number of aryl methyl sites for hydroxylation is 1. The Labute approximate surface area is 253 Å². The van der Waals surface area contributed by atoms with Gasteiger partial charge >= 0.3 is 0 Å². The molecule has 2 unspecified atom stereocenters. The first-order valence-electron chi connectivity index (χ1n) is 15.2. The van der Waals surface area contributed by atoms with Gasteiger partial charge in [-0.15, -0.1) is 0 Å². The molecule has 2 saturated carbocycles. The first kappa shape index (κ1) is 26.8. The van der Waals surface area contributed by atoms with Crippen molar-refractivity contribution in [2.45, 2.75) is 44.3 Å². The SMILES string of the molecule is COc1cc(C(=O)N2CC3CCC2[C@@H]3N)cc2nc(-c3cc4ccc(-c5cnc(C(N)=O)nc5)cc4n3CC3CC3)n(C)c12. The number of rotatable bonds is 7. The number of piperidine rings is 1. The number of nitrogens with two attached hydrogens (primary N) is 2. The second-order valence-corrected chi connectivity index (χ2v) is 12.5. The van der Waals surface area contributed by atoms with E-state index in [0.29, 0.717) is 29.7 Å². The molecule has 0 spiro atoms. The van der Waals surface area contributed by atoms with E-state index in [1.807, 2.05) is 30.1 Å². The number of carbonyl (C=O) groups excluding carboxylic acids is 2. The largest absolute Gasteiger partial charge is 0.494 e. The zero-order valence-corrected chi connectivity index (χ0v) is 24.7. The van der Waals surface area contributed by atoms with E-state index in [9.17, 15) is 9.59 Å². The van der Waals surface area contributed by atoms with E-state index >= 15 is 0 Å². The molecular weight excluding hydrogens is 556 g/mol. The van der Waals surface area contributed by atoms with Crippen molar-refractivity contribution >= 4 is 33.8 Å². The standard InChI is InChI=1S/C33H34N8O3/c1-39-29-23(9-21(12-27(29)44-2)33(43)41-16-20-7-8-24(41)28(20)34)38-32(39)26-11-19-6-5-18(10-25(19)40(26)15-17-3-4-17)22-13-36-31(30(35)42)37-14-22/h5-6,9-14,17,20,24,28H,3-4,7-8,15-16,34H2,1-2H3,(H2,35,42)/t20?,24?,28-/m1/s1. The number of fused-ring (bicyclic) bond motifs is 4. The van der Waals surface area contributed by atoms with Crippen LogP contribution in [0.1, 0.15) is 46.7 Å². The second-order valence-electron chi connectivity index (χ2n) is 12.5. The molecule has 1 saturated heterocycles. The molecule has 3 atom stereocenters. The Morgan fingerprint density at radius 1 is 1.02 bits per heavy atom. The molecular formula is C33H34N8O3. The van der Waals surface area contributed by atoms with Gasteiger partial charge in [0.25, 0.3) is 11.8 Å². The summed E-state index contributed by atoms with van der Waals surface area (Å²) in [5.41, 5.74) is 17.7. The summed E-state index contributed by atoms with van der Waals surface area (Å²) in [6, 6.07) is 12.3. The average molecular weight is 591 g/mol. The van der Waals surface area contributed by atoms with Gasteiger partial charge in [0, 0.05) is 66.6 Å². The summed E-state index contributed by atoms with van der Waals surface area (Å²) in [6.45, 7) is 1.59. The van der Waals surface area contributed by atoms with E-state index in [-0.39, 0.29) is 23.8 Å². The van der Waals surface area contributed by atoms with E-state index in [4.69, 9.17) is 21.2 Å². The summed E-state index contributed by atoms with van der Waals surface area (Å²) < 4.78 is 10.2. The quantitative estimate of drug-likeness (QED) is 0.294. The molecule has 2 aliphatic carbocycles. The monoisotopic (exact) mass is 590 g/mol. The molecule has 3 aliphatic rings. The van der Waals surface area contributed by atoms with Gasteiger partial charge in [0.2, 0.25) is 5.82 Å². The minimum atomic E-state index is -0.655. The van der Waals surface area contributed by atoms with E-state index in [0.717, 1.165) is 64.0 Å². The van der Waals surface area contributed by atoms with E-state index in [1.54, 1.807) is 19.5 Å². The van der Waals surface area contributed by atoms with Crippen molar-refractivity contribution in [3.8, 4) is 28.4 Å². The molecule has 5 aromatic rings. The summed E-state index contributed by atoms with van der Waals surface area (Å²) in [5, 5.41) is 1.09. The number of benzene rings is 2. The van der Waals surface area contributed by atoms with Crippen molar-refractivity contribution in [3.63, 3.8) is 0 Å². The van der Waals surface area contributed by atoms with Crippen LogP contribution in [0.4, 0.5) is 0 Å². The van der Waals surface area contributed by atoms with Crippen molar-refractivity contribution in [1.82, 2.24) is 29.0 Å². The Bertz CT molecular complexity index is 1970. The van der Waals surface area contributed by atoms with Gasteiger partial charge in [-0.3, -0.25) is 9.59 Å². The Morgan fingerprint density at radius 2 is 1.82 bits per heavy atom. The fourth-order valence-corrected chi connectivity index (χ4v) is 7.25. The van der Waals surface area contributed by atoms with Gasteiger partial charge in [-0.2, -0.15) is 0 Å². The van der Waals surface area contributed by atoms with Gasteiger partial charge < -0.3 is 30.2 Å². The second kappa shape index (κ2) is 9.88. The van der Waals surface area contributed by atoms with Crippen LogP contribution in [0.2, 0.25) is 0 Å². The number of likely N-dealkylation sites (tertiary alicyclic amines) is 1. The van der Waals surface area contributed by atoms with Gasteiger partial charge in [0.1, 0.15) is 11.3 Å². The van der Waals surface area contributed by atoms with Crippen LogP contribution < -0.4 is 16.2 Å². The Hall–Kier alpha value is -4.77. The lowest BCUT2D eigenvalue weighted by Crippen LogP contribution is -2.41. The average Bonchev–Trinajstić information content (AvgIpc) is 3.44. The summed E-state index contributed by atoms with van der Waals surface area (Å²) in [5.74, 6) is 1.74. The number of methoxy groups -OCH3 is 1. The first-order chi connectivity index (χ1) is 21.3. The molecule has 2 bridgehead atoms. The highest BCUT2D eigenvalue weighted by atomic mass is 16.5. The van der Waals surface area contributed by atoms with Gasteiger partial charge in [-0.1, -0.05) is 12.1 Å². The first-order valence-corrected chi connectivity index (χ1v) is 15.2. The summed E-state index contributed by atoms with van der Waals surface area (Å²) >= 11 is 0. The van der Waals surface area contributed by atoms with Crippen LogP contribution in [0.3, 0.4) is 0 Å². The normalized spacial score (nSPS) is 21.1. The number of imidazole rings is 1. The summed E-state index contributed by atoms with van der Waals surface area (Å²) in [6.07, 6.45) is 7.70. The van der Waals surface area contributed by atoms with Crippen molar-refractivity contribution in [1.29, 1.82) is 0 Å². The summed E-state index contributed by atoms with van der Waals surface area (Å²) in [4.78, 5) is 40.5. The molecule has 44 heavy (non-hydrogen) atoms. The Kier molecular flexibility index (Phi) is 6.02. The topological polar surface area (TPSA) is 147 Å². The smallest absolute Gasteiger partial charge is 0.286 e. The van der Waals surface area contributed by atoms with Crippen molar-refractivity contribution in [2.75, 3.05) is 13.7 Å². The minimum Gasteiger partial charge on any atom is -0.494 e. The fourth-order valence-electron chi connectivity index (χ4n) is 7.25. The lowest BCUT2D eigenvalue weighted by atomic mass is 10.1. The molecule has 3 aromatic heterocycles. The van der Waals surface area contributed by atoms with Crippen LogP contribution >= 0.6 is 0 Å². The molecule has 224 valence electrons. The zero-order chi connectivity index (χ0) is 30.3. The number of carbonyl (C=O) groups is 2. The maximum absolute atomic E-state index is 13.7. The summed E-state index contributed by atoms with van der Waals surface area (Å²) in [7, 11) is 3.63. The lowest BCUT2D eigenvalue weighted by molar-refractivity contribution is 0.0700. The van der Waals surface area contributed by atoms with Gasteiger partial charge in [-0.25, -0.2) is 15.0 Å². The van der Waals surface area contributed by atoms with Crippen LogP contribution in [0, 0.1) is 11.8 Å².